The van der Waals surface area contributed by atoms with Crippen molar-refractivity contribution < 1.29 is 9.84 Å². The quantitative estimate of drug-likeness (QED) is 0.655. The van der Waals surface area contributed by atoms with Gasteiger partial charge in [0.1, 0.15) is 0 Å². The van der Waals surface area contributed by atoms with Crippen molar-refractivity contribution in [2.24, 2.45) is 0 Å². The first-order valence-electron chi connectivity index (χ1n) is 7.59. The minimum atomic E-state index is -0.00336. The van der Waals surface area contributed by atoms with E-state index in [0.717, 1.165) is 41.3 Å². The summed E-state index contributed by atoms with van der Waals surface area (Å²) >= 11 is 0. The van der Waals surface area contributed by atoms with Gasteiger partial charge in [0.05, 0.1) is 18.5 Å². The van der Waals surface area contributed by atoms with E-state index in [1.807, 2.05) is 41.1 Å². The summed E-state index contributed by atoms with van der Waals surface area (Å²) in [6, 6.07) is 7.78. The number of hydrogen-bond acceptors (Lipinski definition) is 5. The fourth-order valence-electron chi connectivity index (χ4n) is 2.57. The molecular weight excluding hydrogens is 292 g/mol. The van der Waals surface area contributed by atoms with E-state index in [1.165, 1.54) is 0 Å². The maximum atomic E-state index is 9.54. The number of nitrogens with one attached hydrogen (secondary N) is 1. The SMILES string of the molecule is COCCCNc1nccn2c(-c3ccccc3CO)cnc12. The van der Waals surface area contributed by atoms with Crippen molar-refractivity contribution in [1.82, 2.24) is 14.4 Å². The van der Waals surface area contributed by atoms with Crippen LogP contribution >= 0.6 is 0 Å². The third kappa shape index (κ3) is 3.18. The molecule has 0 aliphatic carbocycles. The van der Waals surface area contributed by atoms with Crippen LogP contribution in [0.3, 0.4) is 0 Å². The number of anilines is 1. The van der Waals surface area contributed by atoms with Gasteiger partial charge in [0, 0.05) is 38.2 Å². The Hall–Kier alpha value is -2.44. The van der Waals surface area contributed by atoms with Crippen molar-refractivity contribution in [3.05, 3.63) is 48.4 Å². The molecule has 0 aliphatic heterocycles. The first-order valence-corrected chi connectivity index (χ1v) is 7.59. The summed E-state index contributed by atoms with van der Waals surface area (Å²) in [4.78, 5) is 8.86. The van der Waals surface area contributed by atoms with Gasteiger partial charge in [-0.2, -0.15) is 0 Å². The molecule has 0 saturated heterocycles. The predicted octanol–water partition coefficient (Wildman–Crippen LogP) is 2.34. The van der Waals surface area contributed by atoms with Gasteiger partial charge in [-0.1, -0.05) is 24.3 Å². The highest BCUT2D eigenvalue weighted by Crippen LogP contribution is 2.26. The Kier molecular flexibility index (Phi) is 4.85. The average Bonchev–Trinajstić information content (AvgIpc) is 3.03. The number of ether oxygens (including phenoxy) is 1. The molecule has 1 aromatic carbocycles. The first-order chi connectivity index (χ1) is 11.3. The summed E-state index contributed by atoms with van der Waals surface area (Å²) in [5, 5.41) is 12.8. The molecule has 0 saturated carbocycles. The van der Waals surface area contributed by atoms with E-state index in [4.69, 9.17) is 4.74 Å². The molecule has 6 nitrogen and oxygen atoms in total. The van der Waals surface area contributed by atoms with Crippen molar-refractivity contribution in [3.63, 3.8) is 0 Å². The Morgan fingerprint density at radius 2 is 2.13 bits per heavy atom. The number of aliphatic hydroxyl groups excluding tert-OH is 1. The number of rotatable bonds is 7. The van der Waals surface area contributed by atoms with Gasteiger partial charge in [-0.25, -0.2) is 9.97 Å². The number of benzene rings is 1. The van der Waals surface area contributed by atoms with Crippen molar-refractivity contribution in [2.45, 2.75) is 13.0 Å². The van der Waals surface area contributed by atoms with Crippen LogP contribution in [0.15, 0.2) is 42.9 Å². The van der Waals surface area contributed by atoms with Gasteiger partial charge in [0.2, 0.25) is 0 Å². The van der Waals surface area contributed by atoms with Crippen LogP contribution < -0.4 is 5.32 Å². The lowest BCUT2D eigenvalue weighted by molar-refractivity contribution is 0.198. The molecule has 0 unspecified atom stereocenters. The molecule has 2 aromatic heterocycles. The number of hydrogen-bond donors (Lipinski definition) is 2. The van der Waals surface area contributed by atoms with Gasteiger partial charge < -0.3 is 15.2 Å². The standard InChI is InChI=1S/C17H20N4O2/c1-23-10-4-7-18-16-17-20-11-15(21(17)9-8-19-16)14-6-3-2-5-13(14)12-22/h2-3,5-6,8-9,11,22H,4,7,10,12H2,1H3,(H,18,19). The third-order valence-corrected chi connectivity index (χ3v) is 3.71. The second kappa shape index (κ2) is 7.21. The Labute approximate surface area is 134 Å². The van der Waals surface area contributed by atoms with Crippen LogP contribution in [0.2, 0.25) is 0 Å². The molecule has 3 rings (SSSR count). The maximum absolute atomic E-state index is 9.54. The largest absolute Gasteiger partial charge is 0.392 e. The lowest BCUT2D eigenvalue weighted by atomic mass is 10.1. The minimum Gasteiger partial charge on any atom is -0.392 e. The van der Waals surface area contributed by atoms with E-state index < -0.39 is 0 Å². The van der Waals surface area contributed by atoms with Crippen molar-refractivity contribution >= 4 is 11.5 Å². The van der Waals surface area contributed by atoms with E-state index in [1.54, 1.807) is 13.3 Å². The van der Waals surface area contributed by atoms with Crippen LogP contribution in [-0.2, 0) is 11.3 Å². The highest BCUT2D eigenvalue weighted by atomic mass is 16.5. The number of fused-ring (bicyclic) bond motifs is 1. The van der Waals surface area contributed by atoms with Gasteiger partial charge in [-0.15, -0.1) is 0 Å². The molecule has 0 radical (unpaired) electrons. The highest BCUT2D eigenvalue weighted by Gasteiger charge is 2.12. The van der Waals surface area contributed by atoms with E-state index in [2.05, 4.69) is 15.3 Å². The number of aromatic nitrogens is 3. The normalized spacial score (nSPS) is 11.0. The number of imidazole rings is 1. The molecule has 0 atom stereocenters. The average molecular weight is 312 g/mol. The highest BCUT2D eigenvalue weighted by molar-refractivity contribution is 5.72. The van der Waals surface area contributed by atoms with Crippen molar-refractivity contribution in [3.8, 4) is 11.3 Å². The predicted molar refractivity (Wildman–Crippen MR) is 89.3 cm³/mol. The van der Waals surface area contributed by atoms with Crippen LogP contribution in [-0.4, -0.2) is 39.7 Å². The van der Waals surface area contributed by atoms with E-state index in [0.29, 0.717) is 6.61 Å². The van der Waals surface area contributed by atoms with Gasteiger partial charge in [0.25, 0.3) is 0 Å². The fraction of sp³-hybridized carbons (Fsp3) is 0.294. The van der Waals surface area contributed by atoms with Crippen LogP contribution in [0.5, 0.6) is 0 Å². The molecule has 0 fully saturated rings. The summed E-state index contributed by atoms with van der Waals surface area (Å²) in [7, 11) is 1.69. The van der Waals surface area contributed by atoms with Crippen LogP contribution in [0.1, 0.15) is 12.0 Å². The molecule has 120 valence electrons. The van der Waals surface area contributed by atoms with Crippen molar-refractivity contribution in [1.29, 1.82) is 0 Å². The lowest BCUT2D eigenvalue weighted by Crippen LogP contribution is -2.07. The second-order valence-corrected chi connectivity index (χ2v) is 5.20. The Bertz CT molecular complexity index is 785. The van der Waals surface area contributed by atoms with Crippen LogP contribution in [0, 0.1) is 0 Å². The van der Waals surface area contributed by atoms with Gasteiger partial charge >= 0.3 is 0 Å². The minimum absolute atomic E-state index is 0.00336. The van der Waals surface area contributed by atoms with E-state index >= 15 is 0 Å². The third-order valence-electron chi connectivity index (χ3n) is 3.71. The maximum Gasteiger partial charge on any atom is 0.180 e. The molecule has 0 aliphatic rings. The zero-order chi connectivity index (χ0) is 16.1. The van der Waals surface area contributed by atoms with E-state index in [-0.39, 0.29) is 6.61 Å². The van der Waals surface area contributed by atoms with Crippen molar-refractivity contribution in [2.75, 3.05) is 25.6 Å². The Morgan fingerprint density at radius 1 is 1.26 bits per heavy atom. The molecule has 0 bridgehead atoms. The number of aliphatic hydroxyl groups is 1. The van der Waals surface area contributed by atoms with Crippen LogP contribution in [0.4, 0.5) is 5.82 Å². The zero-order valence-corrected chi connectivity index (χ0v) is 13.1. The summed E-state index contributed by atoms with van der Waals surface area (Å²) in [5.41, 5.74) is 3.56. The molecule has 0 spiro atoms. The smallest absolute Gasteiger partial charge is 0.180 e. The van der Waals surface area contributed by atoms with E-state index in [9.17, 15) is 5.11 Å². The molecule has 6 heteroatoms. The number of methoxy groups -OCH3 is 1. The molecule has 23 heavy (non-hydrogen) atoms. The van der Waals surface area contributed by atoms with Gasteiger partial charge in [-0.3, -0.25) is 4.40 Å². The summed E-state index contributed by atoms with van der Waals surface area (Å²) in [5.74, 6) is 0.747. The topological polar surface area (TPSA) is 71.7 Å². The zero-order valence-electron chi connectivity index (χ0n) is 13.1. The van der Waals surface area contributed by atoms with Gasteiger partial charge in [-0.05, 0) is 12.0 Å². The molecular formula is C17H20N4O2. The number of nitrogens with zero attached hydrogens (tertiary/aromatic N) is 3. The molecule has 0 amide bonds. The monoisotopic (exact) mass is 312 g/mol. The van der Waals surface area contributed by atoms with Crippen LogP contribution in [0.25, 0.3) is 16.9 Å². The molecule has 3 aromatic rings. The second-order valence-electron chi connectivity index (χ2n) is 5.20. The molecule has 2 N–H and O–H groups in total. The first kappa shape index (κ1) is 15.5. The summed E-state index contributed by atoms with van der Waals surface area (Å²) in [6.45, 7) is 1.48. The fourth-order valence-corrected chi connectivity index (χ4v) is 2.57. The lowest BCUT2D eigenvalue weighted by Gasteiger charge is -2.09. The summed E-state index contributed by atoms with van der Waals surface area (Å²) in [6.07, 6.45) is 6.34. The Morgan fingerprint density at radius 3 is 2.96 bits per heavy atom. The van der Waals surface area contributed by atoms with Gasteiger partial charge in [0.15, 0.2) is 11.5 Å². The molecule has 2 heterocycles. The summed E-state index contributed by atoms with van der Waals surface area (Å²) < 4.78 is 7.04. The Balaban J connectivity index is 1.95.